The molecular weight excluding hydrogens is 318 g/mol. The van der Waals surface area contributed by atoms with E-state index in [4.69, 9.17) is 5.84 Å². The zero-order valence-corrected chi connectivity index (χ0v) is 12.9. The van der Waals surface area contributed by atoms with Crippen molar-refractivity contribution in [3.05, 3.63) is 57.6 Å². The fourth-order valence-electron chi connectivity index (χ4n) is 1.89. The maximum atomic E-state index is 12.3. The van der Waals surface area contributed by atoms with Gasteiger partial charge in [-0.15, -0.1) is 0 Å². The van der Waals surface area contributed by atoms with Gasteiger partial charge in [-0.2, -0.15) is 0 Å². The molecule has 0 radical (unpaired) electrons. The number of anilines is 2. The molecule has 0 unspecified atom stereocenters. The number of hydrogen-bond acceptors (Lipinski definition) is 3. The number of carbonyl (C=O) groups excluding carboxylic acids is 1. The van der Waals surface area contributed by atoms with Crippen LogP contribution >= 0.6 is 15.9 Å². The zero-order valence-electron chi connectivity index (χ0n) is 11.3. The zero-order chi connectivity index (χ0) is 14.7. The molecule has 1 amide bonds. The number of hydrogen-bond donors (Lipinski definition) is 3. The summed E-state index contributed by atoms with van der Waals surface area (Å²) in [5.74, 6) is 5.24. The highest BCUT2D eigenvalue weighted by Crippen LogP contribution is 2.22. The first-order chi connectivity index (χ1) is 9.51. The fourth-order valence-corrected chi connectivity index (χ4v) is 2.25. The Bertz CT molecular complexity index is 656. The SMILES string of the molecule is Cc1cc(C(=O)Nc2cc(Br)ccc2C)ccc1NN. The van der Waals surface area contributed by atoms with Gasteiger partial charge < -0.3 is 10.7 Å². The first-order valence-electron chi connectivity index (χ1n) is 6.16. The lowest BCUT2D eigenvalue weighted by Gasteiger charge is -2.11. The number of hydrazine groups is 1. The van der Waals surface area contributed by atoms with Crippen LogP contribution < -0.4 is 16.6 Å². The molecule has 0 heterocycles. The fraction of sp³-hybridized carbons (Fsp3) is 0.133. The number of rotatable bonds is 3. The Morgan fingerprint density at radius 3 is 2.45 bits per heavy atom. The molecule has 0 aliphatic carbocycles. The van der Waals surface area contributed by atoms with E-state index >= 15 is 0 Å². The van der Waals surface area contributed by atoms with Crippen LogP contribution in [-0.2, 0) is 0 Å². The summed E-state index contributed by atoms with van der Waals surface area (Å²) in [4.78, 5) is 12.3. The average molecular weight is 334 g/mol. The Kier molecular flexibility index (Phi) is 4.42. The van der Waals surface area contributed by atoms with Crippen molar-refractivity contribution in [2.75, 3.05) is 10.7 Å². The lowest BCUT2D eigenvalue weighted by molar-refractivity contribution is 0.102. The number of amides is 1. The summed E-state index contributed by atoms with van der Waals surface area (Å²) in [6, 6.07) is 11.1. The number of benzene rings is 2. The van der Waals surface area contributed by atoms with Crippen LogP contribution in [0.25, 0.3) is 0 Å². The highest BCUT2D eigenvalue weighted by Gasteiger charge is 2.09. The second kappa shape index (κ2) is 6.07. The number of nitrogens with one attached hydrogen (secondary N) is 2. The molecule has 0 aromatic heterocycles. The van der Waals surface area contributed by atoms with Gasteiger partial charge in [0.2, 0.25) is 0 Å². The Hall–Kier alpha value is -1.85. The molecular formula is C15H16BrN3O. The molecule has 0 saturated heterocycles. The quantitative estimate of drug-likeness (QED) is 0.593. The summed E-state index contributed by atoms with van der Waals surface area (Å²) in [7, 11) is 0. The highest BCUT2D eigenvalue weighted by atomic mass is 79.9. The molecule has 5 heteroatoms. The topological polar surface area (TPSA) is 67.2 Å². The van der Waals surface area contributed by atoms with Crippen LogP contribution in [0.5, 0.6) is 0 Å². The van der Waals surface area contributed by atoms with Crippen LogP contribution in [0.2, 0.25) is 0 Å². The molecule has 4 nitrogen and oxygen atoms in total. The van der Waals surface area contributed by atoms with Crippen molar-refractivity contribution in [1.82, 2.24) is 0 Å². The number of halogens is 1. The Balaban J connectivity index is 2.24. The van der Waals surface area contributed by atoms with E-state index in [0.717, 1.165) is 27.0 Å². The third-order valence-corrected chi connectivity index (χ3v) is 3.59. The van der Waals surface area contributed by atoms with E-state index in [0.29, 0.717) is 5.56 Å². The average Bonchev–Trinajstić information content (AvgIpc) is 2.42. The minimum Gasteiger partial charge on any atom is -0.324 e. The van der Waals surface area contributed by atoms with Gasteiger partial charge in [0, 0.05) is 15.7 Å². The molecule has 0 aliphatic heterocycles. The van der Waals surface area contributed by atoms with Gasteiger partial charge in [-0.1, -0.05) is 22.0 Å². The van der Waals surface area contributed by atoms with Crippen molar-refractivity contribution in [2.45, 2.75) is 13.8 Å². The minimum absolute atomic E-state index is 0.141. The predicted molar refractivity (Wildman–Crippen MR) is 85.8 cm³/mol. The number of aryl methyl sites for hydroxylation is 2. The number of carbonyl (C=O) groups is 1. The Morgan fingerprint density at radius 2 is 1.80 bits per heavy atom. The van der Waals surface area contributed by atoms with Crippen molar-refractivity contribution in [3.63, 3.8) is 0 Å². The summed E-state index contributed by atoms with van der Waals surface area (Å²) in [6.07, 6.45) is 0. The molecule has 104 valence electrons. The molecule has 20 heavy (non-hydrogen) atoms. The van der Waals surface area contributed by atoms with Crippen LogP contribution in [0.1, 0.15) is 21.5 Å². The Morgan fingerprint density at radius 1 is 1.05 bits per heavy atom. The second-order valence-electron chi connectivity index (χ2n) is 4.59. The van der Waals surface area contributed by atoms with Crippen molar-refractivity contribution in [2.24, 2.45) is 5.84 Å². The largest absolute Gasteiger partial charge is 0.324 e. The third-order valence-electron chi connectivity index (χ3n) is 3.09. The van der Waals surface area contributed by atoms with E-state index in [1.165, 1.54) is 0 Å². The predicted octanol–water partition coefficient (Wildman–Crippen LogP) is 3.60. The van der Waals surface area contributed by atoms with Gasteiger partial charge in [-0.25, -0.2) is 0 Å². The number of nitrogens with two attached hydrogens (primary N) is 1. The van der Waals surface area contributed by atoms with Gasteiger partial charge >= 0.3 is 0 Å². The van der Waals surface area contributed by atoms with Crippen LogP contribution in [0.15, 0.2) is 40.9 Å². The van der Waals surface area contributed by atoms with E-state index in [2.05, 4.69) is 26.7 Å². The van der Waals surface area contributed by atoms with Gasteiger partial charge in [0.15, 0.2) is 0 Å². The molecule has 2 rings (SSSR count). The van der Waals surface area contributed by atoms with Crippen LogP contribution in [0, 0.1) is 13.8 Å². The van der Waals surface area contributed by atoms with Gasteiger partial charge in [-0.05, 0) is 55.3 Å². The maximum absolute atomic E-state index is 12.3. The smallest absolute Gasteiger partial charge is 0.255 e. The first kappa shape index (κ1) is 14.6. The number of nitrogen functional groups attached to an aromatic ring is 1. The van der Waals surface area contributed by atoms with Gasteiger partial charge in [0.05, 0.1) is 5.69 Å². The summed E-state index contributed by atoms with van der Waals surface area (Å²) in [5.41, 5.74) is 6.72. The molecule has 0 aliphatic rings. The van der Waals surface area contributed by atoms with E-state index in [-0.39, 0.29) is 5.91 Å². The van der Waals surface area contributed by atoms with Crippen molar-refractivity contribution < 1.29 is 4.79 Å². The van der Waals surface area contributed by atoms with Crippen LogP contribution in [-0.4, -0.2) is 5.91 Å². The van der Waals surface area contributed by atoms with Gasteiger partial charge in [0.25, 0.3) is 5.91 Å². The molecule has 2 aromatic carbocycles. The lowest BCUT2D eigenvalue weighted by atomic mass is 10.1. The lowest BCUT2D eigenvalue weighted by Crippen LogP contribution is -2.14. The molecule has 2 aromatic rings. The van der Waals surface area contributed by atoms with E-state index in [1.807, 2.05) is 32.0 Å². The molecule has 4 N–H and O–H groups in total. The molecule has 0 saturated carbocycles. The molecule has 0 fully saturated rings. The summed E-state index contributed by atoms with van der Waals surface area (Å²) < 4.78 is 0.928. The summed E-state index contributed by atoms with van der Waals surface area (Å²) in [5, 5.41) is 2.91. The molecule has 0 bridgehead atoms. The van der Waals surface area contributed by atoms with Gasteiger partial charge in [-0.3, -0.25) is 10.6 Å². The van der Waals surface area contributed by atoms with Crippen molar-refractivity contribution >= 4 is 33.2 Å². The van der Waals surface area contributed by atoms with Crippen molar-refractivity contribution in [1.29, 1.82) is 0 Å². The van der Waals surface area contributed by atoms with Gasteiger partial charge in [0.1, 0.15) is 0 Å². The van der Waals surface area contributed by atoms with Crippen LogP contribution in [0.3, 0.4) is 0 Å². The monoisotopic (exact) mass is 333 g/mol. The van der Waals surface area contributed by atoms with E-state index < -0.39 is 0 Å². The van der Waals surface area contributed by atoms with Crippen molar-refractivity contribution in [3.8, 4) is 0 Å². The molecule has 0 spiro atoms. The van der Waals surface area contributed by atoms with E-state index in [1.54, 1.807) is 18.2 Å². The first-order valence-corrected chi connectivity index (χ1v) is 6.95. The molecule has 0 atom stereocenters. The van der Waals surface area contributed by atoms with Crippen LogP contribution in [0.4, 0.5) is 11.4 Å². The maximum Gasteiger partial charge on any atom is 0.255 e. The summed E-state index contributed by atoms with van der Waals surface area (Å²) >= 11 is 3.40. The second-order valence-corrected chi connectivity index (χ2v) is 5.50. The third kappa shape index (κ3) is 3.18. The van der Waals surface area contributed by atoms with E-state index in [9.17, 15) is 4.79 Å². The standard InChI is InChI=1S/C15H16BrN3O/c1-9-3-5-12(16)8-14(9)18-15(20)11-4-6-13(19-17)10(2)7-11/h3-8,19H,17H2,1-2H3,(H,18,20). The minimum atomic E-state index is -0.141. The highest BCUT2D eigenvalue weighted by molar-refractivity contribution is 9.10. The Labute approximate surface area is 126 Å². The normalized spacial score (nSPS) is 10.2. The summed E-state index contributed by atoms with van der Waals surface area (Å²) in [6.45, 7) is 3.85.